The fourth-order valence-corrected chi connectivity index (χ4v) is 4.51. The third-order valence-electron chi connectivity index (χ3n) is 4.43. The maximum atomic E-state index is 12.7. The SMILES string of the molecule is O=C(O)[C@@H]1CCCN1C(=O)c1cccc(CS(=O)(=O)c2ccccc2)c1. The van der Waals surface area contributed by atoms with E-state index in [9.17, 15) is 23.1 Å². The van der Waals surface area contributed by atoms with Gasteiger partial charge < -0.3 is 10.0 Å². The van der Waals surface area contributed by atoms with Gasteiger partial charge in [0.1, 0.15) is 6.04 Å². The quantitative estimate of drug-likeness (QED) is 0.869. The minimum Gasteiger partial charge on any atom is -0.480 e. The van der Waals surface area contributed by atoms with Crippen molar-refractivity contribution < 1.29 is 23.1 Å². The summed E-state index contributed by atoms with van der Waals surface area (Å²) in [4.78, 5) is 25.5. The number of likely N-dealkylation sites (tertiary alicyclic amines) is 1. The number of carbonyl (C=O) groups excluding carboxylic acids is 1. The van der Waals surface area contributed by atoms with Crippen molar-refractivity contribution in [1.82, 2.24) is 4.90 Å². The molecule has 1 saturated heterocycles. The maximum Gasteiger partial charge on any atom is 0.326 e. The lowest BCUT2D eigenvalue weighted by Gasteiger charge is -2.21. The molecular weight excluding hydrogens is 354 g/mol. The first-order chi connectivity index (χ1) is 12.4. The van der Waals surface area contributed by atoms with Crippen LogP contribution < -0.4 is 0 Å². The number of hydrogen-bond donors (Lipinski definition) is 1. The van der Waals surface area contributed by atoms with Crippen molar-refractivity contribution >= 4 is 21.7 Å². The molecule has 2 aromatic carbocycles. The fourth-order valence-electron chi connectivity index (χ4n) is 3.16. The number of hydrogen-bond acceptors (Lipinski definition) is 4. The standard InChI is InChI=1S/C19H19NO5S/c21-18(20-11-5-10-17(20)19(22)23)15-7-4-6-14(12-15)13-26(24,25)16-8-2-1-3-9-16/h1-4,6-9,12,17H,5,10-11,13H2,(H,22,23)/t17-/m0/s1. The number of benzene rings is 2. The molecule has 1 amide bonds. The lowest BCUT2D eigenvalue weighted by atomic mass is 10.1. The molecule has 1 heterocycles. The minimum absolute atomic E-state index is 0.222. The summed E-state index contributed by atoms with van der Waals surface area (Å²) in [6.07, 6.45) is 1.08. The zero-order valence-electron chi connectivity index (χ0n) is 14.0. The van der Waals surface area contributed by atoms with E-state index in [-0.39, 0.29) is 16.6 Å². The summed E-state index contributed by atoms with van der Waals surface area (Å²) in [5.74, 6) is -1.62. The second-order valence-electron chi connectivity index (χ2n) is 6.27. The van der Waals surface area contributed by atoms with Crippen molar-refractivity contribution in [1.29, 1.82) is 0 Å². The molecule has 1 atom stereocenters. The topological polar surface area (TPSA) is 91.8 Å². The van der Waals surface area contributed by atoms with Crippen LogP contribution in [0.15, 0.2) is 59.5 Å². The number of aliphatic carboxylic acids is 1. The normalized spacial score (nSPS) is 17.2. The van der Waals surface area contributed by atoms with Crippen LogP contribution in [0.2, 0.25) is 0 Å². The lowest BCUT2D eigenvalue weighted by molar-refractivity contribution is -0.141. The molecule has 0 radical (unpaired) electrons. The highest BCUT2D eigenvalue weighted by atomic mass is 32.2. The summed E-state index contributed by atoms with van der Waals surface area (Å²) in [6.45, 7) is 0.391. The zero-order chi connectivity index (χ0) is 18.7. The Bertz CT molecular complexity index is 924. The summed E-state index contributed by atoms with van der Waals surface area (Å²) in [5, 5.41) is 9.24. The van der Waals surface area contributed by atoms with E-state index >= 15 is 0 Å². The maximum absolute atomic E-state index is 12.7. The van der Waals surface area contributed by atoms with Crippen LogP contribution >= 0.6 is 0 Å². The first-order valence-corrected chi connectivity index (χ1v) is 9.94. The Morgan fingerprint density at radius 2 is 1.81 bits per heavy atom. The molecule has 1 aliphatic heterocycles. The van der Waals surface area contributed by atoms with E-state index in [1.54, 1.807) is 36.4 Å². The van der Waals surface area contributed by atoms with Crippen LogP contribution in [-0.2, 0) is 20.4 Å². The molecule has 1 aliphatic rings. The summed E-state index contributed by atoms with van der Waals surface area (Å²) < 4.78 is 25.0. The third-order valence-corrected chi connectivity index (χ3v) is 6.14. The van der Waals surface area contributed by atoms with Gasteiger partial charge >= 0.3 is 5.97 Å². The summed E-state index contributed by atoms with van der Waals surface area (Å²) in [5.41, 5.74) is 0.796. The molecule has 6 nitrogen and oxygen atoms in total. The van der Waals surface area contributed by atoms with Gasteiger partial charge in [-0.05, 0) is 42.7 Å². The lowest BCUT2D eigenvalue weighted by Crippen LogP contribution is -2.40. The molecule has 0 saturated carbocycles. The van der Waals surface area contributed by atoms with Gasteiger partial charge in [0.2, 0.25) is 0 Å². The molecule has 7 heteroatoms. The van der Waals surface area contributed by atoms with Gasteiger partial charge in [-0.3, -0.25) is 4.79 Å². The molecule has 1 fully saturated rings. The Labute approximate surface area is 152 Å². The predicted octanol–water partition coefficient (Wildman–Crippen LogP) is 2.35. The monoisotopic (exact) mass is 373 g/mol. The molecular formula is C19H19NO5S. The van der Waals surface area contributed by atoms with Crippen molar-refractivity contribution in [2.24, 2.45) is 0 Å². The van der Waals surface area contributed by atoms with Crippen molar-refractivity contribution in [2.75, 3.05) is 6.54 Å². The van der Waals surface area contributed by atoms with Gasteiger partial charge in [0.05, 0.1) is 10.6 Å². The van der Waals surface area contributed by atoms with Crippen molar-refractivity contribution in [3.05, 3.63) is 65.7 Å². The zero-order valence-corrected chi connectivity index (χ0v) is 14.9. The Morgan fingerprint density at radius 3 is 2.50 bits per heavy atom. The van der Waals surface area contributed by atoms with Crippen LogP contribution in [0.4, 0.5) is 0 Å². The van der Waals surface area contributed by atoms with E-state index in [4.69, 9.17) is 0 Å². The van der Waals surface area contributed by atoms with Crippen LogP contribution in [0.3, 0.4) is 0 Å². The fraction of sp³-hybridized carbons (Fsp3) is 0.263. The molecule has 0 aliphatic carbocycles. The first-order valence-electron chi connectivity index (χ1n) is 8.29. The molecule has 2 aromatic rings. The highest BCUT2D eigenvalue weighted by Gasteiger charge is 2.34. The predicted molar refractivity (Wildman–Crippen MR) is 95.5 cm³/mol. The van der Waals surface area contributed by atoms with Gasteiger partial charge in [-0.2, -0.15) is 0 Å². The van der Waals surface area contributed by atoms with Crippen LogP contribution in [0.1, 0.15) is 28.8 Å². The van der Waals surface area contributed by atoms with Gasteiger partial charge in [-0.15, -0.1) is 0 Å². The average Bonchev–Trinajstić information content (AvgIpc) is 3.12. The number of carboxylic acids is 1. The second kappa shape index (κ2) is 7.29. The number of nitrogens with zero attached hydrogens (tertiary/aromatic N) is 1. The Kier molecular flexibility index (Phi) is 5.08. The number of rotatable bonds is 5. The van der Waals surface area contributed by atoms with E-state index < -0.39 is 21.8 Å². The van der Waals surface area contributed by atoms with Gasteiger partial charge in [-0.1, -0.05) is 30.3 Å². The van der Waals surface area contributed by atoms with E-state index in [1.165, 1.54) is 23.1 Å². The van der Waals surface area contributed by atoms with Crippen LogP contribution in [0.25, 0.3) is 0 Å². The van der Waals surface area contributed by atoms with E-state index in [2.05, 4.69) is 0 Å². The van der Waals surface area contributed by atoms with Crippen molar-refractivity contribution in [2.45, 2.75) is 29.5 Å². The first kappa shape index (κ1) is 18.1. The molecule has 0 unspecified atom stereocenters. The average molecular weight is 373 g/mol. The molecule has 0 aromatic heterocycles. The second-order valence-corrected chi connectivity index (χ2v) is 8.26. The number of amides is 1. The smallest absolute Gasteiger partial charge is 0.326 e. The largest absolute Gasteiger partial charge is 0.480 e. The van der Waals surface area contributed by atoms with E-state index in [1.807, 2.05) is 0 Å². The van der Waals surface area contributed by atoms with Gasteiger partial charge in [0.15, 0.2) is 9.84 Å². The van der Waals surface area contributed by atoms with E-state index in [0.29, 0.717) is 30.5 Å². The van der Waals surface area contributed by atoms with E-state index in [0.717, 1.165) is 0 Å². The summed E-state index contributed by atoms with van der Waals surface area (Å²) in [6, 6.07) is 13.7. The Balaban J connectivity index is 1.83. The third kappa shape index (κ3) is 3.77. The van der Waals surface area contributed by atoms with Gasteiger partial charge in [-0.25, -0.2) is 13.2 Å². The summed E-state index contributed by atoms with van der Waals surface area (Å²) >= 11 is 0. The highest BCUT2D eigenvalue weighted by Crippen LogP contribution is 2.22. The summed E-state index contributed by atoms with van der Waals surface area (Å²) in [7, 11) is -3.52. The number of carbonyl (C=O) groups is 2. The van der Waals surface area contributed by atoms with Crippen LogP contribution in [0, 0.1) is 0 Å². The van der Waals surface area contributed by atoms with Crippen molar-refractivity contribution in [3.8, 4) is 0 Å². The van der Waals surface area contributed by atoms with Crippen LogP contribution in [0.5, 0.6) is 0 Å². The van der Waals surface area contributed by atoms with Gasteiger partial charge in [0.25, 0.3) is 5.91 Å². The number of sulfone groups is 1. The Hall–Kier alpha value is -2.67. The van der Waals surface area contributed by atoms with Crippen molar-refractivity contribution in [3.63, 3.8) is 0 Å². The molecule has 1 N–H and O–H groups in total. The minimum atomic E-state index is -3.52. The highest BCUT2D eigenvalue weighted by molar-refractivity contribution is 7.90. The molecule has 136 valence electrons. The molecule has 3 rings (SSSR count). The molecule has 0 spiro atoms. The van der Waals surface area contributed by atoms with Gasteiger partial charge in [0, 0.05) is 12.1 Å². The molecule has 0 bridgehead atoms. The molecule has 26 heavy (non-hydrogen) atoms. The number of carboxylic acid groups (broad SMARTS) is 1. The van der Waals surface area contributed by atoms with Crippen LogP contribution in [-0.4, -0.2) is 42.9 Å². The Morgan fingerprint density at radius 1 is 1.08 bits per heavy atom.